The first-order chi connectivity index (χ1) is 11.1. The van der Waals surface area contributed by atoms with Crippen molar-refractivity contribution in [3.63, 3.8) is 0 Å². The highest BCUT2D eigenvalue weighted by Gasteiger charge is 2.32. The Morgan fingerprint density at radius 3 is 1.70 bits per heavy atom. The van der Waals surface area contributed by atoms with Crippen molar-refractivity contribution >= 4 is 6.02 Å². The summed E-state index contributed by atoms with van der Waals surface area (Å²) in [5.74, 6) is 0. The fraction of sp³-hybridized carbons (Fsp3) is 0.938. The summed E-state index contributed by atoms with van der Waals surface area (Å²) in [6, 6.07) is 1.09. The Kier molecular flexibility index (Phi) is 5.74. The van der Waals surface area contributed by atoms with Gasteiger partial charge < -0.3 is 9.74 Å². The third kappa shape index (κ3) is 4.56. The number of hydroxylamine groups is 2. The van der Waals surface area contributed by atoms with Gasteiger partial charge in [0, 0.05) is 52.4 Å². The lowest BCUT2D eigenvalue weighted by molar-refractivity contribution is -0.556. The molecule has 3 saturated heterocycles. The molecule has 3 aliphatic rings. The number of likely N-dealkylation sites (N-methyl/N-ethyl adjacent to an activating group) is 3. The molecule has 7 nitrogen and oxygen atoms in total. The van der Waals surface area contributed by atoms with Crippen LogP contribution in [0.3, 0.4) is 0 Å². The van der Waals surface area contributed by atoms with E-state index in [4.69, 9.17) is 4.84 Å². The molecule has 0 aromatic rings. The molecule has 0 saturated carbocycles. The number of piperazine rings is 3. The summed E-state index contributed by atoms with van der Waals surface area (Å²) in [6.07, 6.45) is 0. The van der Waals surface area contributed by atoms with Crippen molar-refractivity contribution in [2.24, 2.45) is 0 Å². The lowest BCUT2D eigenvalue weighted by Gasteiger charge is -2.35. The monoisotopic (exact) mass is 325 g/mol. The molecule has 23 heavy (non-hydrogen) atoms. The maximum Gasteiger partial charge on any atom is 0.465 e. The van der Waals surface area contributed by atoms with E-state index in [-0.39, 0.29) is 0 Å². The van der Waals surface area contributed by atoms with Gasteiger partial charge in [-0.15, -0.1) is 5.06 Å². The number of rotatable bonds is 1. The molecule has 0 amide bonds. The summed E-state index contributed by atoms with van der Waals surface area (Å²) in [7, 11) is 6.59. The lowest BCUT2D eigenvalue weighted by Crippen LogP contribution is -2.56. The SMILES string of the molecule is CN1CCN(OC(N2CCN(C)CC2)=[N+]2CCN(C)CC2)CC1. The molecule has 0 aromatic heterocycles. The van der Waals surface area contributed by atoms with E-state index in [0.717, 1.165) is 84.6 Å². The molecule has 0 bridgehead atoms. The second kappa shape index (κ2) is 7.79. The van der Waals surface area contributed by atoms with E-state index < -0.39 is 0 Å². The van der Waals surface area contributed by atoms with Crippen LogP contribution in [0.4, 0.5) is 0 Å². The van der Waals surface area contributed by atoms with Crippen LogP contribution in [0.2, 0.25) is 0 Å². The summed E-state index contributed by atoms with van der Waals surface area (Å²) in [6.45, 7) is 12.8. The highest BCUT2D eigenvalue weighted by atomic mass is 16.7. The summed E-state index contributed by atoms with van der Waals surface area (Å²) < 4.78 is 2.45. The molecule has 132 valence electrons. The molecule has 7 heteroatoms. The third-order valence-electron chi connectivity index (χ3n) is 5.22. The Morgan fingerprint density at radius 2 is 1.13 bits per heavy atom. The van der Waals surface area contributed by atoms with Crippen molar-refractivity contribution in [2.45, 2.75) is 0 Å². The molecule has 0 aliphatic carbocycles. The van der Waals surface area contributed by atoms with E-state index in [9.17, 15) is 0 Å². The molecular weight excluding hydrogens is 292 g/mol. The zero-order valence-electron chi connectivity index (χ0n) is 15.1. The van der Waals surface area contributed by atoms with Gasteiger partial charge in [-0.1, -0.05) is 0 Å². The zero-order valence-corrected chi connectivity index (χ0v) is 15.1. The Bertz CT molecular complexity index is 403. The molecule has 3 fully saturated rings. The minimum absolute atomic E-state index is 0.988. The van der Waals surface area contributed by atoms with Crippen LogP contribution < -0.4 is 0 Å². The summed E-state index contributed by atoms with van der Waals surface area (Å²) in [5.41, 5.74) is 0. The van der Waals surface area contributed by atoms with Gasteiger partial charge in [0.25, 0.3) is 0 Å². The standard InChI is InChI=1S/C16H33N6O/c1-17-4-10-20(11-5-17)16(21-12-6-18(2)7-13-21)23-22-14-8-19(3)9-15-22/h4-15H2,1-3H3/q+1. The Morgan fingerprint density at radius 1 is 0.652 bits per heavy atom. The topological polar surface area (TPSA) is 28.4 Å². The van der Waals surface area contributed by atoms with E-state index in [1.807, 2.05) is 0 Å². The van der Waals surface area contributed by atoms with Gasteiger partial charge in [-0.3, -0.25) is 9.80 Å². The van der Waals surface area contributed by atoms with Crippen molar-refractivity contribution in [1.82, 2.24) is 24.7 Å². The fourth-order valence-corrected chi connectivity index (χ4v) is 3.31. The molecule has 3 aliphatic heterocycles. The van der Waals surface area contributed by atoms with Crippen LogP contribution in [0.5, 0.6) is 0 Å². The Hall–Kier alpha value is -0.890. The molecular formula is C16H33N6O+. The lowest BCUT2D eigenvalue weighted by atomic mass is 10.3. The Labute approximate surface area is 140 Å². The maximum atomic E-state index is 6.43. The largest absolute Gasteiger partial charge is 0.465 e. The van der Waals surface area contributed by atoms with Gasteiger partial charge in [0.05, 0.1) is 0 Å². The third-order valence-corrected chi connectivity index (χ3v) is 5.22. The molecule has 0 N–H and O–H groups in total. The van der Waals surface area contributed by atoms with Gasteiger partial charge in [0.2, 0.25) is 0 Å². The number of amidine groups is 1. The molecule has 3 heterocycles. The van der Waals surface area contributed by atoms with Crippen LogP contribution in [-0.2, 0) is 4.84 Å². The van der Waals surface area contributed by atoms with E-state index in [2.05, 4.69) is 50.4 Å². The highest BCUT2D eigenvalue weighted by molar-refractivity contribution is 5.68. The first kappa shape index (κ1) is 17.0. The first-order valence-corrected chi connectivity index (χ1v) is 8.97. The Balaban J connectivity index is 1.69. The molecule has 0 unspecified atom stereocenters. The maximum absolute atomic E-state index is 6.43. The predicted octanol–water partition coefficient (Wildman–Crippen LogP) is -1.27. The average molecular weight is 325 g/mol. The first-order valence-electron chi connectivity index (χ1n) is 8.97. The number of nitrogens with zero attached hydrogens (tertiary/aromatic N) is 6. The second-order valence-corrected chi connectivity index (χ2v) is 7.19. The number of hydrogen-bond acceptors (Lipinski definition) is 5. The summed E-state index contributed by atoms with van der Waals surface area (Å²) >= 11 is 0. The van der Waals surface area contributed by atoms with E-state index in [1.54, 1.807) is 0 Å². The van der Waals surface area contributed by atoms with Gasteiger partial charge in [-0.2, -0.15) is 0 Å². The normalized spacial score (nSPS) is 26.6. The average Bonchev–Trinajstić information content (AvgIpc) is 2.56. The summed E-state index contributed by atoms with van der Waals surface area (Å²) in [4.78, 5) is 16.0. The minimum atomic E-state index is 0.988. The van der Waals surface area contributed by atoms with Crippen molar-refractivity contribution < 1.29 is 9.41 Å². The van der Waals surface area contributed by atoms with Crippen LogP contribution in [-0.4, -0.2) is 135 Å². The van der Waals surface area contributed by atoms with Crippen molar-refractivity contribution in [3.05, 3.63) is 0 Å². The van der Waals surface area contributed by atoms with E-state index in [0.29, 0.717) is 0 Å². The van der Waals surface area contributed by atoms with Crippen LogP contribution >= 0.6 is 0 Å². The van der Waals surface area contributed by atoms with Gasteiger partial charge in [-0.25, -0.2) is 9.48 Å². The summed E-state index contributed by atoms with van der Waals surface area (Å²) in [5, 5.41) is 2.16. The van der Waals surface area contributed by atoms with Crippen molar-refractivity contribution in [3.8, 4) is 0 Å². The quantitative estimate of drug-likeness (QED) is 0.441. The van der Waals surface area contributed by atoms with Crippen LogP contribution in [0.1, 0.15) is 0 Å². The second-order valence-electron chi connectivity index (χ2n) is 7.19. The molecule has 3 rings (SSSR count). The van der Waals surface area contributed by atoms with Gasteiger partial charge in [-0.05, 0) is 21.1 Å². The molecule has 0 aromatic carbocycles. The molecule has 0 spiro atoms. The molecule has 0 radical (unpaired) electrons. The van der Waals surface area contributed by atoms with Crippen molar-refractivity contribution in [2.75, 3.05) is 99.7 Å². The highest BCUT2D eigenvalue weighted by Crippen LogP contribution is 2.08. The van der Waals surface area contributed by atoms with Crippen LogP contribution in [0.15, 0.2) is 0 Å². The predicted molar refractivity (Wildman–Crippen MR) is 91.7 cm³/mol. The van der Waals surface area contributed by atoms with Gasteiger partial charge >= 0.3 is 6.02 Å². The van der Waals surface area contributed by atoms with Crippen LogP contribution in [0, 0.1) is 0 Å². The smallest absolute Gasteiger partial charge is 0.332 e. The van der Waals surface area contributed by atoms with Gasteiger partial charge in [0.15, 0.2) is 0 Å². The van der Waals surface area contributed by atoms with E-state index in [1.165, 1.54) is 0 Å². The van der Waals surface area contributed by atoms with E-state index >= 15 is 0 Å². The van der Waals surface area contributed by atoms with Crippen molar-refractivity contribution in [1.29, 1.82) is 0 Å². The van der Waals surface area contributed by atoms with Crippen LogP contribution in [0.25, 0.3) is 0 Å². The zero-order chi connectivity index (χ0) is 16.2. The fourth-order valence-electron chi connectivity index (χ4n) is 3.31. The number of hydrogen-bond donors (Lipinski definition) is 0. The molecule has 0 atom stereocenters. The van der Waals surface area contributed by atoms with Gasteiger partial charge in [0.1, 0.15) is 26.2 Å². The minimum Gasteiger partial charge on any atom is -0.332 e.